The number of hydrogen-bond acceptors (Lipinski definition) is 7. The highest BCUT2D eigenvalue weighted by atomic mass is 32.2. The fourth-order valence-corrected chi connectivity index (χ4v) is 4.26. The van der Waals surface area contributed by atoms with Gasteiger partial charge in [-0.25, -0.2) is 27.2 Å². The van der Waals surface area contributed by atoms with E-state index < -0.39 is 27.7 Å². The number of amides is 4. The fourth-order valence-electron chi connectivity index (χ4n) is 2.64. The van der Waals surface area contributed by atoms with Gasteiger partial charge in [0.25, 0.3) is 0 Å². The third-order valence-corrected chi connectivity index (χ3v) is 6.13. The first kappa shape index (κ1) is 18.4. The summed E-state index contributed by atoms with van der Waals surface area (Å²) in [4.78, 5) is 25.8. The standard InChI is InChI=1S/C15H17N3O6S2/c1-26(22,23)18-7-6-17(14(18)20)13(19)16-10-15(21,11-4-2-8-24-11)12-5-3-9-25-12/h2-5,8-9,21H,6-7,10H2,1H3,(H,16,19). The van der Waals surface area contributed by atoms with Gasteiger partial charge in [-0.15, -0.1) is 11.3 Å². The lowest BCUT2D eigenvalue weighted by Gasteiger charge is -2.26. The molecule has 3 heterocycles. The molecule has 1 fully saturated rings. The van der Waals surface area contributed by atoms with Gasteiger partial charge >= 0.3 is 12.1 Å². The molecule has 0 radical (unpaired) electrons. The molecule has 140 valence electrons. The molecular formula is C15H17N3O6S2. The van der Waals surface area contributed by atoms with Crippen LogP contribution in [-0.4, -0.2) is 60.7 Å². The second kappa shape index (κ2) is 6.74. The van der Waals surface area contributed by atoms with Crippen LogP contribution >= 0.6 is 11.3 Å². The summed E-state index contributed by atoms with van der Waals surface area (Å²) >= 11 is 1.29. The van der Waals surface area contributed by atoms with Gasteiger partial charge in [0, 0.05) is 4.88 Å². The van der Waals surface area contributed by atoms with Crippen molar-refractivity contribution < 1.29 is 27.5 Å². The summed E-state index contributed by atoms with van der Waals surface area (Å²) in [5, 5.41) is 15.3. The van der Waals surface area contributed by atoms with Crippen molar-refractivity contribution in [3.05, 3.63) is 46.5 Å². The van der Waals surface area contributed by atoms with Crippen molar-refractivity contribution in [3.63, 3.8) is 0 Å². The number of hydrogen-bond donors (Lipinski definition) is 2. The van der Waals surface area contributed by atoms with Crippen LogP contribution in [0.25, 0.3) is 0 Å². The predicted molar refractivity (Wildman–Crippen MR) is 93.1 cm³/mol. The molecule has 2 N–H and O–H groups in total. The monoisotopic (exact) mass is 399 g/mol. The molecule has 1 saturated heterocycles. The maximum Gasteiger partial charge on any atom is 0.341 e. The van der Waals surface area contributed by atoms with Crippen LogP contribution < -0.4 is 5.32 Å². The Morgan fingerprint density at radius 3 is 2.69 bits per heavy atom. The Labute approximate surface area is 153 Å². The number of carbonyl (C=O) groups excluding carboxylic acids is 2. The zero-order chi connectivity index (χ0) is 18.9. The third kappa shape index (κ3) is 3.32. The molecule has 1 unspecified atom stereocenters. The van der Waals surface area contributed by atoms with Crippen molar-refractivity contribution in [2.24, 2.45) is 0 Å². The quantitative estimate of drug-likeness (QED) is 0.773. The SMILES string of the molecule is CS(=O)(=O)N1CCN(C(=O)NCC(O)(c2ccco2)c2cccs2)C1=O. The third-order valence-electron chi connectivity index (χ3n) is 3.97. The van der Waals surface area contributed by atoms with E-state index >= 15 is 0 Å². The Bertz CT molecular complexity index is 858. The highest BCUT2D eigenvalue weighted by Crippen LogP contribution is 2.32. The summed E-state index contributed by atoms with van der Waals surface area (Å²) in [6.45, 7) is -0.406. The second-order valence-corrected chi connectivity index (χ2v) is 8.60. The lowest BCUT2D eigenvalue weighted by molar-refractivity contribution is 0.0612. The van der Waals surface area contributed by atoms with Crippen molar-refractivity contribution in [2.75, 3.05) is 25.9 Å². The summed E-state index contributed by atoms with van der Waals surface area (Å²) < 4.78 is 29.0. The summed E-state index contributed by atoms with van der Waals surface area (Å²) in [5.74, 6) is 0.241. The minimum atomic E-state index is -3.73. The molecule has 11 heteroatoms. The number of carbonyl (C=O) groups is 2. The number of furan rings is 1. The molecule has 0 aromatic carbocycles. The molecule has 0 spiro atoms. The largest absolute Gasteiger partial charge is 0.466 e. The Hall–Kier alpha value is -2.37. The topological polar surface area (TPSA) is 120 Å². The van der Waals surface area contributed by atoms with Gasteiger partial charge in [0.05, 0.1) is 32.2 Å². The molecule has 0 saturated carbocycles. The lowest BCUT2D eigenvalue weighted by Crippen LogP contribution is -2.48. The van der Waals surface area contributed by atoms with Crippen molar-refractivity contribution >= 4 is 33.4 Å². The molecule has 2 aromatic rings. The van der Waals surface area contributed by atoms with Crippen LogP contribution in [0.1, 0.15) is 10.6 Å². The van der Waals surface area contributed by atoms with E-state index in [9.17, 15) is 23.1 Å². The van der Waals surface area contributed by atoms with Gasteiger partial charge in [0.1, 0.15) is 5.76 Å². The Morgan fingerprint density at radius 2 is 2.15 bits per heavy atom. The number of imide groups is 1. The highest BCUT2D eigenvalue weighted by Gasteiger charge is 2.40. The molecule has 1 atom stereocenters. The Morgan fingerprint density at radius 1 is 1.38 bits per heavy atom. The molecule has 1 aliphatic heterocycles. The lowest BCUT2D eigenvalue weighted by atomic mass is 9.98. The molecule has 2 aromatic heterocycles. The first-order chi connectivity index (χ1) is 12.2. The van der Waals surface area contributed by atoms with E-state index in [4.69, 9.17) is 4.42 Å². The summed E-state index contributed by atoms with van der Waals surface area (Å²) in [6, 6.07) is 4.95. The average Bonchev–Trinajstić information content (AvgIpc) is 3.31. The van der Waals surface area contributed by atoms with Crippen molar-refractivity contribution in [1.29, 1.82) is 0 Å². The smallest absolute Gasteiger partial charge is 0.341 e. The Balaban J connectivity index is 1.75. The summed E-state index contributed by atoms with van der Waals surface area (Å²) in [7, 11) is -3.73. The summed E-state index contributed by atoms with van der Waals surface area (Å²) in [6.07, 6.45) is 2.31. The zero-order valence-corrected chi connectivity index (χ0v) is 15.4. The van der Waals surface area contributed by atoms with Crippen LogP contribution in [0.2, 0.25) is 0 Å². The van der Waals surface area contributed by atoms with Crippen molar-refractivity contribution in [3.8, 4) is 0 Å². The van der Waals surface area contributed by atoms with E-state index in [2.05, 4.69) is 5.32 Å². The molecule has 0 aliphatic carbocycles. The highest BCUT2D eigenvalue weighted by molar-refractivity contribution is 7.88. The molecular weight excluding hydrogens is 382 g/mol. The van der Waals surface area contributed by atoms with E-state index in [0.29, 0.717) is 9.18 Å². The van der Waals surface area contributed by atoms with Crippen molar-refractivity contribution in [1.82, 2.24) is 14.5 Å². The number of rotatable bonds is 5. The van der Waals surface area contributed by atoms with E-state index in [-0.39, 0.29) is 25.4 Å². The number of urea groups is 2. The number of thiophene rings is 1. The molecule has 1 aliphatic rings. The van der Waals surface area contributed by atoms with Gasteiger partial charge in [-0.1, -0.05) is 6.07 Å². The fraction of sp³-hybridized carbons (Fsp3) is 0.333. The maximum atomic E-state index is 12.3. The van der Waals surface area contributed by atoms with Crippen LogP contribution in [0.5, 0.6) is 0 Å². The molecule has 9 nitrogen and oxygen atoms in total. The molecule has 3 rings (SSSR count). The van der Waals surface area contributed by atoms with Crippen LogP contribution in [0.3, 0.4) is 0 Å². The first-order valence-corrected chi connectivity index (χ1v) is 10.3. The predicted octanol–water partition coefficient (Wildman–Crippen LogP) is 0.984. The Kier molecular flexibility index (Phi) is 4.78. The van der Waals surface area contributed by atoms with Crippen molar-refractivity contribution in [2.45, 2.75) is 5.60 Å². The van der Waals surface area contributed by atoms with Gasteiger partial charge < -0.3 is 14.8 Å². The van der Waals surface area contributed by atoms with E-state index in [0.717, 1.165) is 11.2 Å². The number of nitrogens with zero attached hydrogens (tertiary/aromatic N) is 2. The van der Waals surface area contributed by atoms with Gasteiger partial charge in [-0.3, -0.25) is 0 Å². The zero-order valence-electron chi connectivity index (χ0n) is 13.8. The van der Waals surface area contributed by atoms with Gasteiger partial charge in [-0.05, 0) is 23.6 Å². The molecule has 4 amide bonds. The van der Waals surface area contributed by atoms with Crippen LogP contribution in [-0.2, 0) is 15.6 Å². The number of sulfonamides is 1. The second-order valence-electron chi connectivity index (χ2n) is 5.74. The van der Waals surface area contributed by atoms with E-state index in [1.54, 1.807) is 29.6 Å². The van der Waals surface area contributed by atoms with Gasteiger partial charge in [0.15, 0.2) is 5.60 Å². The minimum absolute atomic E-state index is 0.0596. The minimum Gasteiger partial charge on any atom is -0.466 e. The van der Waals surface area contributed by atoms with Gasteiger partial charge in [-0.2, -0.15) is 0 Å². The van der Waals surface area contributed by atoms with Crippen LogP contribution in [0.4, 0.5) is 9.59 Å². The van der Waals surface area contributed by atoms with Crippen LogP contribution in [0.15, 0.2) is 40.3 Å². The van der Waals surface area contributed by atoms with Gasteiger partial charge in [0.2, 0.25) is 10.0 Å². The maximum absolute atomic E-state index is 12.3. The summed E-state index contributed by atoms with van der Waals surface area (Å²) in [5.41, 5.74) is -1.60. The molecule has 26 heavy (non-hydrogen) atoms. The molecule has 0 bridgehead atoms. The van der Waals surface area contributed by atoms with E-state index in [1.807, 2.05) is 0 Å². The number of aliphatic hydroxyl groups is 1. The van der Waals surface area contributed by atoms with Crippen LogP contribution in [0, 0.1) is 0 Å². The first-order valence-electron chi connectivity index (χ1n) is 7.61. The number of nitrogens with one attached hydrogen (secondary N) is 1. The van der Waals surface area contributed by atoms with E-state index in [1.165, 1.54) is 17.6 Å². The normalized spacial score (nSPS) is 17.4. The average molecular weight is 399 g/mol.